The summed E-state index contributed by atoms with van der Waals surface area (Å²) in [5.74, 6) is -0.613. The Kier molecular flexibility index (Phi) is 2.79. The van der Waals surface area contributed by atoms with Crippen LogP contribution in [0.1, 0.15) is 24.7 Å². The maximum absolute atomic E-state index is 13.5. The number of nitrogens with zero attached hydrogens (tertiary/aromatic N) is 2. The molecule has 4 nitrogen and oxygen atoms in total. The lowest BCUT2D eigenvalue weighted by Gasteiger charge is -2.01. The van der Waals surface area contributed by atoms with Gasteiger partial charge < -0.3 is 9.84 Å². The van der Waals surface area contributed by atoms with Gasteiger partial charge in [0.1, 0.15) is 11.6 Å². The van der Waals surface area contributed by atoms with E-state index in [1.165, 1.54) is 0 Å². The standard InChI is InChI=1S/C12H11F2N3O/c13-7-3-4-9(14)8(6-7)12-16-11(17-18-12)10-2-1-5-15-10/h3-4,6,10,15H,1-2,5H2. The van der Waals surface area contributed by atoms with Crippen LogP contribution in [-0.4, -0.2) is 16.7 Å². The summed E-state index contributed by atoms with van der Waals surface area (Å²) in [5, 5.41) is 7.02. The van der Waals surface area contributed by atoms with Gasteiger partial charge in [-0.25, -0.2) is 8.78 Å². The molecule has 94 valence electrons. The van der Waals surface area contributed by atoms with Crippen molar-refractivity contribution in [3.8, 4) is 11.5 Å². The van der Waals surface area contributed by atoms with Crippen molar-refractivity contribution in [2.45, 2.75) is 18.9 Å². The molecule has 0 aliphatic carbocycles. The van der Waals surface area contributed by atoms with Crippen LogP contribution in [0.15, 0.2) is 22.7 Å². The van der Waals surface area contributed by atoms with Gasteiger partial charge in [-0.1, -0.05) is 5.16 Å². The van der Waals surface area contributed by atoms with Crippen LogP contribution in [0.2, 0.25) is 0 Å². The van der Waals surface area contributed by atoms with Crippen LogP contribution in [-0.2, 0) is 0 Å². The Labute approximate surface area is 102 Å². The first-order valence-electron chi connectivity index (χ1n) is 5.76. The van der Waals surface area contributed by atoms with Gasteiger partial charge in [-0.3, -0.25) is 0 Å². The van der Waals surface area contributed by atoms with Crippen LogP contribution in [0.4, 0.5) is 8.78 Å². The molecule has 1 aromatic heterocycles. The van der Waals surface area contributed by atoms with Gasteiger partial charge >= 0.3 is 0 Å². The van der Waals surface area contributed by atoms with Crippen molar-refractivity contribution in [3.05, 3.63) is 35.7 Å². The minimum atomic E-state index is -0.578. The number of benzene rings is 1. The molecule has 1 saturated heterocycles. The van der Waals surface area contributed by atoms with Crippen molar-refractivity contribution < 1.29 is 13.3 Å². The molecule has 1 atom stereocenters. The van der Waals surface area contributed by atoms with E-state index >= 15 is 0 Å². The van der Waals surface area contributed by atoms with Crippen LogP contribution >= 0.6 is 0 Å². The smallest absolute Gasteiger partial charge is 0.261 e. The van der Waals surface area contributed by atoms with Gasteiger partial charge in [0, 0.05) is 0 Å². The van der Waals surface area contributed by atoms with E-state index in [-0.39, 0.29) is 17.5 Å². The summed E-state index contributed by atoms with van der Waals surface area (Å²) in [6.07, 6.45) is 1.97. The van der Waals surface area contributed by atoms with Crippen LogP contribution < -0.4 is 5.32 Å². The SMILES string of the molecule is Fc1ccc(F)c(-c2nc(C3CCCN3)no2)c1. The van der Waals surface area contributed by atoms with E-state index in [1.54, 1.807) is 0 Å². The minimum absolute atomic E-state index is 0.00764. The van der Waals surface area contributed by atoms with Crippen LogP contribution in [0, 0.1) is 11.6 Å². The first-order valence-corrected chi connectivity index (χ1v) is 5.76. The molecule has 1 unspecified atom stereocenters. The van der Waals surface area contributed by atoms with Gasteiger partial charge in [-0.15, -0.1) is 0 Å². The van der Waals surface area contributed by atoms with Gasteiger partial charge in [0.05, 0.1) is 11.6 Å². The van der Waals surface area contributed by atoms with Crippen molar-refractivity contribution in [1.29, 1.82) is 0 Å². The Hall–Kier alpha value is -1.82. The Morgan fingerprint density at radius 1 is 1.33 bits per heavy atom. The van der Waals surface area contributed by atoms with Crippen LogP contribution in [0.25, 0.3) is 11.5 Å². The van der Waals surface area contributed by atoms with Gasteiger partial charge in [-0.2, -0.15) is 4.98 Å². The van der Waals surface area contributed by atoms with Crippen molar-refractivity contribution in [1.82, 2.24) is 15.5 Å². The molecule has 1 aliphatic heterocycles. The number of nitrogens with one attached hydrogen (secondary N) is 1. The number of aromatic nitrogens is 2. The first kappa shape index (κ1) is 11.3. The highest BCUT2D eigenvalue weighted by Gasteiger charge is 2.23. The lowest BCUT2D eigenvalue weighted by molar-refractivity contribution is 0.410. The highest BCUT2D eigenvalue weighted by Crippen LogP contribution is 2.26. The van der Waals surface area contributed by atoms with Gasteiger partial charge in [-0.05, 0) is 37.6 Å². The predicted molar refractivity (Wildman–Crippen MR) is 59.6 cm³/mol. The second-order valence-corrected chi connectivity index (χ2v) is 4.23. The van der Waals surface area contributed by atoms with E-state index in [0.717, 1.165) is 37.6 Å². The quantitative estimate of drug-likeness (QED) is 0.890. The highest BCUT2D eigenvalue weighted by atomic mass is 19.1. The van der Waals surface area contributed by atoms with E-state index in [1.807, 2.05) is 0 Å². The molecule has 1 fully saturated rings. The lowest BCUT2D eigenvalue weighted by Crippen LogP contribution is -2.14. The molecule has 2 aromatic rings. The van der Waals surface area contributed by atoms with Crippen molar-refractivity contribution in [3.63, 3.8) is 0 Å². The molecule has 18 heavy (non-hydrogen) atoms. The van der Waals surface area contributed by atoms with Gasteiger partial charge in [0.2, 0.25) is 0 Å². The zero-order valence-electron chi connectivity index (χ0n) is 9.49. The lowest BCUT2D eigenvalue weighted by atomic mass is 10.2. The summed E-state index contributed by atoms with van der Waals surface area (Å²) in [6.45, 7) is 0.906. The summed E-state index contributed by atoms with van der Waals surface area (Å²) >= 11 is 0. The molecule has 1 N–H and O–H groups in total. The predicted octanol–water partition coefficient (Wildman–Crippen LogP) is 2.44. The van der Waals surface area contributed by atoms with Crippen LogP contribution in [0.3, 0.4) is 0 Å². The van der Waals surface area contributed by atoms with Crippen molar-refractivity contribution in [2.75, 3.05) is 6.54 Å². The third kappa shape index (κ3) is 1.99. The number of halogens is 2. The molecular weight excluding hydrogens is 240 g/mol. The van der Waals surface area contributed by atoms with Crippen molar-refractivity contribution in [2.24, 2.45) is 0 Å². The highest BCUT2D eigenvalue weighted by molar-refractivity contribution is 5.53. The second kappa shape index (κ2) is 4.45. The molecule has 0 spiro atoms. The summed E-state index contributed by atoms with van der Waals surface area (Å²) in [4.78, 5) is 4.12. The second-order valence-electron chi connectivity index (χ2n) is 4.23. The number of hydrogen-bond donors (Lipinski definition) is 1. The molecule has 6 heteroatoms. The van der Waals surface area contributed by atoms with Gasteiger partial charge in [0.15, 0.2) is 5.82 Å². The molecule has 0 bridgehead atoms. The monoisotopic (exact) mass is 251 g/mol. The van der Waals surface area contributed by atoms with E-state index < -0.39 is 11.6 Å². The Morgan fingerprint density at radius 3 is 3.00 bits per heavy atom. The summed E-state index contributed by atoms with van der Waals surface area (Å²) < 4.78 is 31.6. The average Bonchev–Trinajstić information content (AvgIpc) is 3.00. The zero-order chi connectivity index (χ0) is 12.5. The third-order valence-electron chi connectivity index (χ3n) is 2.97. The third-order valence-corrected chi connectivity index (χ3v) is 2.97. The summed E-state index contributed by atoms with van der Waals surface area (Å²) in [7, 11) is 0. The fourth-order valence-electron chi connectivity index (χ4n) is 2.05. The molecule has 0 amide bonds. The van der Waals surface area contributed by atoms with E-state index in [2.05, 4.69) is 15.5 Å². The van der Waals surface area contributed by atoms with Crippen molar-refractivity contribution >= 4 is 0 Å². The molecular formula is C12H11F2N3O. The maximum atomic E-state index is 13.5. The molecule has 3 rings (SSSR count). The topological polar surface area (TPSA) is 51.0 Å². The van der Waals surface area contributed by atoms with Crippen LogP contribution in [0.5, 0.6) is 0 Å². The maximum Gasteiger partial charge on any atom is 0.261 e. The van der Waals surface area contributed by atoms with Gasteiger partial charge in [0.25, 0.3) is 5.89 Å². The number of hydrogen-bond acceptors (Lipinski definition) is 4. The molecule has 1 aliphatic rings. The number of rotatable bonds is 2. The largest absolute Gasteiger partial charge is 0.334 e. The first-order chi connectivity index (χ1) is 8.74. The van der Waals surface area contributed by atoms with E-state index in [9.17, 15) is 8.78 Å². The molecule has 1 aromatic carbocycles. The Balaban J connectivity index is 1.94. The fraction of sp³-hybridized carbons (Fsp3) is 0.333. The fourth-order valence-corrected chi connectivity index (χ4v) is 2.05. The Morgan fingerprint density at radius 2 is 2.22 bits per heavy atom. The Bertz CT molecular complexity index is 564. The zero-order valence-corrected chi connectivity index (χ0v) is 9.49. The molecule has 0 radical (unpaired) electrons. The van der Waals surface area contributed by atoms with E-state index in [0.29, 0.717) is 5.82 Å². The molecule has 2 heterocycles. The molecule has 0 saturated carbocycles. The van der Waals surface area contributed by atoms with E-state index in [4.69, 9.17) is 4.52 Å². The summed E-state index contributed by atoms with van der Waals surface area (Å²) in [6, 6.07) is 3.19. The minimum Gasteiger partial charge on any atom is -0.334 e. The average molecular weight is 251 g/mol. The normalized spacial score (nSPS) is 19.3. The summed E-state index contributed by atoms with van der Waals surface area (Å²) in [5.41, 5.74) is -0.00764.